The molecule has 5 nitrogen and oxygen atoms in total. The summed E-state index contributed by atoms with van der Waals surface area (Å²) in [7, 11) is 1.65. The molecule has 1 aromatic rings. The van der Waals surface area contributed by atoms with Crippen molar-refractivity contribution in [3.63, 3.8) is 0 Å². The van der Waals surface area contributed by atoms with Gasteiger partial charge in [-0.25, -0.2) is 4.79 Å². The van der Waals surface area contributed by atoms with Crippen molar-refractivity contribution in [1.82, 2.24) is 9.80 Å². The maximum Gasteiger partial charge on any atom is 0.416 e. The van der Waals surface area contributed by atoms with E-state index in [0.717, 1.165) is 31.8 Å². The number of halogens is 3. The summed E-state index contributed by atoms with van der Waals surface area (Å²) in [6.45, 7) is 4.14. The number of nitrogens with zero attached hydrogens (tertiary/aromatic N) is 2. The number of ether oxygens (including phenoxy) is 1. The lowest BCUT2D eigenvalue weighted by atomic mass is 10.2. The molecule has 1 aromatic carbocycles. The predicted molar refractivity (Wildman–Crippen MR) is 80.4 cm³/mol. The summed E-state index contributed by atoms with van der Waals surface area (Å²) in [4.78, 5) is 16.0. The summed E-state index contributed by atoms with van der Waals surface area (Å²) < 4.78 is 42.5. The van der Waals surface area contributed by atoms with E-state index in [2.05, 4.69) is 10.2 Å². The highest BCUT2D eigenvalue weighted by atomic mass is 19.4. The average Bonchev–Trinajstić information content (AvgIpc) is 2.53. The molecular formula is C15H20F3N3O2. The second-order valence-electron chi connectivity index (χ2n) is 5.33. The first-order chi connectivity index (χ1) is 10.9. The second kappa shape index (κ2) is 7.65. The molecule has 0 atom stereocenters. The number of urea groups is 1. The lowest BCUT2D eigenvalue weighted by Crippen LogP contribution is -2.50. The number of carbonyl (C=O) groups excluding carboxylic acids is 1. The zero-order valence-corrected chi connectivity index (χ0v) is 12.9. The van der Waals surface area contributed by atoms with Crippen molar-refractivity contribution in [2.45, 2.75) is 6.18 Å². The van der Waals surface area contributed by atoms with E-state index in [0.29, 0.717) is 25.4 Å². The molecule has 0 spiro atoms. The van der Waals surface area contributed by atoms with Crippen molar-refractivity contribution in [1.29, 1.82) is 0 Å². The summed E-state index contributed by atoms with van der Waals surface area (Å²) >= 11 is 0. The Hall–Kier alpha value is -1.80. The van der Waals surface area contributed by atoms with Gasteiger partial charge in [0.05, 0.1) is 12.2 Å². The fourth-order valence-corrected chi connectivity index (χ4v) is 2.34. The van der Waals surface area contributed by atoms with Gasteiger partial charge in [-0.3, -0.25) is 4.90 Å². The van der Waals surface area contributed by atoms with Gasteiger partial charge in [0, 0.05) is 45.5 Å². The Morgan fingerprint density at radius 2 is 1.78 bits per heavy atom. The van der Waals surface area contributed by atoms with Crippen LogP contribution in [0.3, 0.4) is 0 Å². The monoisotopic (exact) mass is 331 g/mol. The number of amides is 2. The Balaban J connectivity index is 1.83. The first kappa shape index (κ1) is 17.6. The van der Waals surface area contributed by atoms with E-state index in [1.165, 1.54) is 12.1 Å². The van der Waals surface area contributed by atoms with Gasteiger partial charge in [0.15, 0.2) is 0 Å². The smallest absolute Gasteiger partial charge is 0.383 e. The van der Waals surface area contributed by atoms with Gasteiger partial charge in [-0.1, -0.05) is 0 Å². The van der Waals surface area contributed by atoms with Crippen molar-refractivity contribution in [2.24, 2.45) is 0 Å². The van der Waals surface area contributed by atoms with Crippen LogP contribution in [0, 0.1) is 0 Å². The Morgan fingerprint density at radius 1 is 1.17 bits per heavy atom. The number of nitrogens with one attached hydrogen (secondary N) is 1. The highest BCUT2D eigenvalue weighted by Gasteiger charge is 2.30. The summed E-state index contributed by atoms with van der Waals surface area (Å²) in [6.07, 6.45) is -4.37. The molecule has 0 aliphatic carbocycles. The number of rotatable bonds is 4. The lowest BCUT2D eigenvalue weighted by Gasteiger charge is -2.34. The summed E-state index contributed by atoms with van der Waals surface area (Å²) in [6, 6.07) is 4.14. The minimum absolute atomic E-state index is 0.295. The fraction of sp³-hybridized carbons (Fsp3) is 0.533. The van der Waals surface area contributed by atoms with Crippen LogP contribution in [0.1, 0.15) is 5.56 Å². The third kappa shape index (κ3) is 5.11. The van der Waals surface area contributed by atoms with Crippen LogP contribution in [0.5, 0.6) is 0 Å². The maximum atomic E-state index is 12.5. The van der Waals surface area contributed by atoms with Crippen molar-refractivity contribution < 1.29 is 22.7 Å². The van der Waals surface area contributed by atoms with E-state index in [1.54, 1.807) is 12.0 Å². The number of anilines is 1. The minimum atomic E-state index is -4.37. The van der Waals surface area contributed by atoms with Crippen LogP contribution in [0.2, 0.25) is 0 Å². The standard InChI is InChI=1S/C15H20F3N3O2/c1-23-11-10-20-6-8-21(9-7-20)14(22)19-13-4-2-12(3-5-13)15(16,17)18/h2-5H,6-11H2,1H3,(H,19,22). The molecule has 1 aliphatic heterocycles. The van der Waals surface area contributed by atoms with E-state index in [9.17, 15) is 18.0 Å². The second-order valence-corrected chi connectivity index (χ2v) is 5.33. The first-order valence-corrected chi connectivity index (χ1v) is 7.34. The lowest BCUT2D eigenvalue weighted by molar-refractivity contribution is -0.137. The molecule has 0 unspecified atom stereocenters. The van der Waals surface area contributed by atoms with Gasteiger partial charge < -0.3 is 15.0 Å². The van der Waals surface area contributed by atoms with Crippen LogP contribution in [-0.4, -0.2) is 62.3 Å². The minimum Gasteiger partial charge on any atom is -0.383 e. The van der Waals surface area contributed by atoms with Crippen LogP contribution < -0.4 is 5.32 Å². The molecule has 1 saturated heterocycles. The molecule has 0 radical (unpaired) electrons. The summed E-state index contributed by atoms with van der Waals surface area (Å²) in [5.74, 6) is 0. The number of hydrogen-bond acceptors (Lipinski definition) is 3. The van der Waals surface area contributed by atoms with Crippen LogP contribution in [0.4, 0.5) is 23.7 Å². The quantitative estimate of drug-likeness (QED) is 0.922. The first-order valence-electron chi connectivity index (χ1n) is 7.34. The Labute approximate surface area is 133 Å². The molecule has 128 valence electrons. The molecule has 8 heteroatoms. The molecule has 1 aliphatic rings. The van der Waals surface area contributed by atoms with E-state index in [4.69, 9.17) is 4.74 Å². The van der Waals surface area contributed by atoms with Gasteiger partial charge in [0.25, 0.3) is 0 Å². The SMILES string of the molecule is COCCN1CCN(C(=O)Nc2ccc(C(F)(F)F)cc2)CC1. The van der Waals surface area contributed by atoms with E-state index >= 15 is 0 Å². The van der Waals surface area contributed by atoms with Crippen LogP contribution in [0.15, 0.2) is 24.3 Å². The zero-order chi connectivity index (χ0) is 16.9. The molecule has 0 aromatic heterocycles. The molecule has 1 N–H and O–H groups in total. The van der Waals surface area contributed by atoms with Crippen molar-refractivity contribution in [3.05, 3.63) is 29.8 Å². The summed E-state index contributed by atoms with van der Waals surface area (Å²) in [5, 5.41) is 2.62. The number of benzene rings is 1. The van der Waals surface area contributed by atoms with Crippen molar-refractivity contribution >= 4 is 11.7 Å². The van der Waals surface area contributed by atoms with Gasteiger partial charge in [0.1, 0.15) is 0 Å². The van der Waals surface area contributed by atoms with Gasteiger partial charge in [0.2, 0.25) is 0 Å². The molecule has 1 heterocycles. The van der Waals surface area contributed by atoms with Crippen molar-refractivity contribution in [2.75, 3.05) is 51.8 Å². The van der Waals surface area contributed by atoms with Gasteiger partial charge in [-0.15, -0.1) is 0 Å². The Morgan fingerprint density at radius 3 is 2.30 bits per heavy atom. The number of hydrogen-bond donors (Lipinski definition) is 1. The van der Waals surface area contributed by atoms with Crippen LogP contribution in [0.25, 0.3) is 0 Å². The number of methoxy groups -OCH3 is 1. The zero-order valence-electron chi connectivity index (χ0n) is 12.9. The fourth-order valence-electron chi connectivity index (χ4n) is 2.34. The number of alkyl halides is 3. The van der Waals surface area contributed by atoms with Gasteiger partial charge in [-0.05, 0) is 24.3 Å². The maximum absolute atomic E-state index is 12.5. The highest BCUT2D eigenvalue weighted by molar-refractivity contribution is 5.89. The number of piperazine rings is 1. The van der Waals surface area contributed by atoms with E-state index in [-0.39, 0.29) is 6.03 Å². The molecular weight excluding hydrogens is 311 g/mol. The predicted octanol–water partition coefficient (Wildman–Crippen LogP) is 2.50. The highest BCUT2D eigenvalue weighted by Crippen LogP contribution is 2.29. The van der Waals surface area contributed by atoms with E-state index < -0.39 is 11.7 Å². The Bertz CT molecular complexity index is 512. The van der Waals surface area contributed by atoms with Crippen LogP contribution in [-0.2, 0) is 10.9 Å². The Kier molecular flexibility index (Phi) is 5.84. The summed E-state index contributed by atoms with van der Waals surface area (Å²) in [5.41, 5.74) is -0.382. The molecule has 2 amide bonds. The third-order valence-corrected chi connectivity index (χ3v) is 3.73. The number of carbonyl (C=O) groups is 1. The molecule has 0 saturated carbocycles. The topological polar surface area (TPSA) is 44.8 Å². The largest absolute Gasteiger partial charge is 0.416 e. The van der Waals surface area contributed by atoms with E-state index in [1.807, 2.05) is 0 Å². The third-order valence-electron chi connectivity index (χ3n) is 3.73. The van der Waals surface area contributed by atoms with Crippen molar-refractivity contribution in [3.8, 4) is 0 Å². The molecule has 23 heavy (non-hydrogen) atoms. The normalized spacial score (nSPS) is 16.4. The van der Waals surface area contributed by atoms with Gasteiger partial charge >= 0.3 is 12.2 Å². The average molecular weight is 331 g/mol. The molecule has 1 fully saturated rings. The molecule has 2 rings (SSSR count). The van der Waals surface area contributed by atoms with Crippen LogP contribution >= 0.6 is 0 Å². The molecule has 0 bridgehead atoms. The van der Waals surface area contributed by atoms with Gasteiger partial charge in [-0.2, -0.15) is 13.2 Å².